The van der Waals surface area contributed by atoms with Gasteiger partial charge >= 0.3 is 0 Å². The minimum atomic E-state index is 0.261. The zero-order chi connectivity index (χ0) is 14.5. The molecule has 1 N–H and O–H groups in total. The largest absolute Gasteiger partial charge is 0.467 e. The van der Waals surface area contributed by atoms with Crippen LogP contribution in [0.25, 0.3) is 0 Å². The summed E-state index contributed by atoms with van der Waals surface area (Å²) in [6.45, 7) is 5.87. The average molecular weight is 293 g/mol. The number of nitrogens with zero attached hydrogens (tertiary/aromatic N) is 1. The first-order valence-electron chi connectivity index (χ1n) is 6.88. The molecule has 1 aromatic carbocycles. The van der Waals surface area contributed by atoms with Gasteiger partial charge in [-0.15, -0.1) is 0 Å². The van der Waals surface area contributed by atoms with Crippen LogP contribution in [0.5, 0.6) is 0 Å². The van der Waals surface area contributed by atoms with E-state index >= 15 is 0 Å². The number of benzene rings is 1. The van der Waals surface area contributed by atoms with Gasteiger partial charge in [0.2, 0.25) is 0 Å². The van der Waals surface area contributed by atoms with E-state index in [4.69, 9.17) is 16.0 Å². The maximum absolute atomic E-state index is 6.40. The van der Waals surface area contributed by atoms with Gasteiger partial charge < -0.3 is 14.6 Å². The maximum Gasteiger partial charge on any atom is 0.123 e. The Hall–Kier alpha value is -1.45. The molecular weight excluding hydrogens is 272 g/mol. The number of hydrogen-bond acceptors (Lipinski definition) is 3. The minimum absolute atomic E-state index is 0.261. The van der Waals surface area contributed by atoms with Crippen LogP contribution in [-0.4, -0.2) is 13.6 Å². The lowest BCUT2D eigenvalue weighted by molar-refractivity contribution is 0.507. The van der Waals surface area contributed by atoms with Gasteiger partial charge in [-0.2, -0.15) is 0 Å². The van der Waals surface area contributed by atoms with Crippen LogP contribution in [0.1, 0.15) is 31.2 Å². The van der Waals surface area contributed by atoms with E-state index in [1.165, 1.54) is 0 Å². The van der Waals surface area contributed by atoms with E-state index in [2.05, 4.69) is 36.2 Å². The Morgan fingerprint density at radius 1 is 1.35 bits per heavy atom. The number of furan rings is 1. The summed E-state index contributed by atoms with van der Waals surface area (Å²) >= 11 is 6.40. The Balaban J connectivity index is 2.11. The zero-order valence-corrected chi connectivity index (χ0v) is 12.9. The van der Waals surface area contributed by atoms with Crippen molar-refractivity contribution in [2.24, 2.45) is 0 Å². The monoisotopic (exact) mass is 292 g/mol. The Morgan fingerprint density at radius 2 is 2.15 bits per heavy atom. The molecule has 0 amide bonds. The smallest absolute Gasteiger partial charge is 0.123 e. The number of rotatable bonds is 6. The van der Waals surface area contributed by atoms with Crippen LogP contribution in [-0.2, 0) is 6.54 Å². The first-order valence-corrected chi connectivity index (χ1v) is 7.26. The fourth-order valence-electron chi connectivity index (χ4n) is 2.25. The van der Waals surface area contributed by atoms with Crippen LogP contribution in [0.3, 0.4) is 0 Å². The first kappa shape index (κ1) is 14.9. The van der Waals surface area contributed by atoms with Crippen molar-refractivity contribution in [2.75, 3.05) is 18.5 Å². The van der Waals surface area contributed by atoms with Crippen LogP contribution in [0, 0.1) is 0 Å². The molecule has 4 heteroatoms. The topological polar surface area (TPSA) is 28.4 Å². The summed E-state index contributed by atoms with van der Waals surface area (Å²) in [4.78, 5) is 2.12. The summed E-state index contributed by atoms with van der Waals surface area (Å²) in [6, 6.07) is 10.3. The van der Waals surface area contributed by atoms with Crippen molar-refractivity contribution in [3.05, 3.63) is 52.9 Å². The third-order valence-electron chi connectivity index (χ3n) is 3.37. The Labute approximate surface area is 125 Å². The molecule has 3 nitrogen and oxygen atoms in total. The van der Waals surface area contributed by atoms with Crippen LogP contribution in [0.15, 0.2) is 41.0 Å². The predicted octanol–water partition coefficient (Wildman–Crippen LogP) is 4.24. The second-order valence-corrected chi connectivity index (χ2v) is 5.33. The lowest BCUT2D eigenvalue weighted by atomic mass is 10.1. The second-order valence-electron chi connectivity index (χ2n) is 4.92. The maximum atomic E-state index is 6.40. The van der Waals surface area contributed by atoms with E-state index in [-0.39, 0.29) is 6.04 Å². The number of anilines is 1. The molecule has 0 saturated carbocycles. The van der Waals surface area contributed by atoms with Gasteiger partial charge in [-0.05, 0) is 43.3 Å². The van der Waals surface area contributed by atoms with Crippen molar-refractivity contribution < 1.29 is 4.42 Å². The molecule has 0 fully saturated rings. The molecule has 1 heterocycles. The van der Waals surface area contributed by atoms with Crippen LogP contribution in [0.4, 0.5) is 5.69 Å². The van der Waals surface area contributed by atoms with Gasteiger partial charge in [0.05, 0.1) is 12.8 Å². The highest BCUT2D eigenvalue weighted by molar-refractivity contribution is 6.31. The third-order valence-corrected chi connectivity index (χ3v) is 3.70. The van der Waals surface area contributed by atoms with E-state index < -0.39 is 0 Å². The van der Waals surface area contributed by atoms with Gasteiger partial charge in [0.15, 0.2) is 0 Å². The number of nitrogens with one attached hydrogen (secondary N) is 1. The van der Waals surface area contributed by atoms with Gasteiger partial charge in [-0.3, -0.25) is 0 Å². The van der Waals surface area contributed by atoms with Crippen molar-refractivity contribution >= 4 is 17.3 Å². The van der Waals surface area contributed by atoms with E-state index in [0.29, 0.717) is 0 Å². The van der Waals surface area contributed by atoms with Crippen molar-refractivity contribution in [1.82, 2.24) is 5.32 Å². The van der Waals surface area contributed by atoms with Crippen LogP contribution < -0.4 is 10.2 Å². The molecule has 0 spiro atoms. The molecule has 0 aliphatic rings. The van der Waals surface area contributed by atoms with Crippen molar-refractivity contribution in [2.45, 2.75) is 26.4 Å². The van der Waals surface area contributed by atoms with Crippen LogP contribution >= 0.6 is 11.6 Å². The molecule has 2 rings (SSSR count). The van der Waals surface area contributed by atoms with Crippen molar-refractivity contribution in [3.8, 4) is 0 Å². The number of hydrogen-bond donors (Lipinski definition) is 1. The highest BCUT2D eigenvalue weighted by Crippen LogP contribution is 2.28. The van der Waals surface area contributed by atoms with Crippen LogP contribution in [0.2, 0.25) is 5.02 Å². The van der Waals surface area contributed by atoms with Crippen molar-refractivity contribution in [1.29, 1.82) is 0 Å². The number of halogens is 1. The lowest BCUT2D eigenvalue weighted by Crippen LogP contribution is -2.19. The molecule has 20 heavy (non-hydrogen) atoms. The summed E-state index contributed by atoms with van der Waals surface area (Å²) in [5.74, 6) is 0.939. The van der Waals surface area contributed by atoms with Gasteiger partial charge in [-0.1, -0.05) is 24.6 Å². The zero-order valence-electron chi connectivity index (χ0n) is 12.2. The SMILES string of the molecule is CCNC(C)c1ccc(N(C)Cc2ccco2)cc1Cl. The lowest BCUT2D eigenvalue weighted by Gasteiger charge is -2.21. The minimum Gasteiger partial charge on any atom is -0.467 e. The van der Waals surface area contributed by atoms with Gasteiger partial charge in [-0.25, -0.2) is 0 Å². The molecular formula is C16H21ClN2O. The molecule has 0 radical (unpaired) electrons. The highest BCUT2D eigenvalue weighted by Gasteiger charge is 2.11. The Morgan fingerprint density at radius 3 is 2.75 bits per heavy atom. The first-order chi connectivity index (χ1) is 9.61. The summed E-state index contributed by atoms with van der Waals surface area (Å²) in [5.41, 5.74) is 2.21. The molecule has 0 bridgehead atoms. The predicted molar refractivity (Wildman–Crippen MR) is 84.4 cm³/mol. The summed E-state index contributed by atoms with van der Waals surface area (Å²) in [7, 11) is 2.03. The second kappa shape index (κ2) is 6.82. The molecule has 1 aromatic heterocycles. The fraction of sp³-hybridized carbons (Fsp3) is 0.375. The quantitative estimate of drug-likeness (QED) is 0.863. The van der Waals surface area contributed by atoms with Gasteiger partial charge in [0, 0.05) is 23.8 Å². The van der Waals surface area contributed by atoms with E-state index in [1.54, 1.807) is 6.26 Å². The third kappa shape index (κ3) is 3.56. The molecule has 0 aliphatic carbocycles. The highest BCUT2D eigenvalue weighted by atomic mass is 35.5. The summed E-state index contributed by atoms with van der Waals surface area (Å²) in [6.07, 6.45) is 1.69. The Bertz CT molecular complexity index is 539. The van der Waals surface area contributed by atoms with Gasteiger partial charge in [0.25, 0.3) is 0 Å². The fourth-order valence-corrected chi connectivity index (χ4v) is 2.59. The Kier molecular flexibility index (Phi) is 5.10. The summed E-state index contributed by atoms with van der Waals surface area (Å²) < 4.78 is 5.37. The molecule has 1 atom stereocenters. The normalized spacial score (nSPS) is 12.4. The molecule has 2 aromatic rings. The van der Waals surface area contributed by atoms with E-state index in [9.17, 15) is 0 Å². The molecule has 108 valence electrons. The van der Waals surface area contributed by atoms with Gasteiger partial charge in [0.1, 0.15) is 5.76 Å². The molecule has 1 unspecified atom stereocenters. The molecule has 0 saturated heterocycles. The summed E-state index contributed by atoms with van der Waals surface area (Å²) in [5, 5.41) is 4.17. The average Bonchev–Trinajstić information content (AvgIpc) is 2.91. The van der Waals surface area contributed by atoms with E-state index in [1.807, 2.05) is 25.2 Å². The van der Waals surface area contributed by atoms with E-state index in [0.717, 1.165) is 35.1 Å². The molecule has 0 aliphatic heterocycles. The standard InChI is InChI=1S/C16H21ClN2O/c1-4-18-12(2)15-8-7-13(10-16(15)17)19(3)11-14-6-5-9-20-14/h5-10,12,18H,4,11H2,1-3H3. The van der Waals surface area contributed by atoms with Crippen molar-refractivity contribution in [3.63, 3.8) is 0 Å².